The van der Waals surface area contributed by atoms with Gasteiger partial charge in [-0.2, -0.15) is 5.26 Å². The van der Waals surface area contributed by atoms with Gasteiger partial charge in [-0.25, -0.2) is 0 Å². The van der Waals surface area contributed by atoms with E-state index in [1.165, 1.54) is 5.56 Å². The first-order chi connectivity index (χ1) is 15.0. The van der Waals surface area contributed by atoms with E-state index in [-0.39, 0.29) is 0 Å². The lowest BCUT2D eigenvalue weighted by Gasteiger charge is -2.14. The first-order valence-corrected chi connectivity index (χ1v) is 10.2. The minimum atomic E-state index is 0.511. The highest BCUT2D eigenvalue weighted by atomic mass is 15.0. The number of nitriles is 1. The molecule has 0 atom stereocenters. The molecule has 0 aliphatic rings. The highest BCUT2D eigenvalue weighted by molar-refractivity contribution is 5.90. The molecule has 0 bridgehead atoms. The molecule has 4 rings (SSSR count). The Morgan fingerprint density at radius 3 is 2.61 bits per heavy atom. The van der Waals surface area contributed by atoms with Crippen molar-refractivity contribution >= 4 is 34.4 Å². The standard InChI is InChI=1S/C26H25N5/c1-18-23-12-13-29-25(23)11-10-24(18)30-26-21(15-28-16-22(26)14-27)9-8-19-4-6-20(7-5-19)17-31(2)3/h4-13,15-16,29H,17H2,1-3H3,(H,28,30)/b9-8+. The lowest BCUT2D eigenvalue weighted by molar-refractivity contribution is 0.402. The van der Waals surface area contributed by atoms with E-state index in [1.807, 2.05) is 30.5 Å². The molecule has 2 heterocycles. The van der Waals surface area contributed by atoms with Crippen molar-refractivity contribution in [2.75, 3.05) is 19.4 Å². The molecule has 5 heteroatoms. The first kappa shape index (κ1) is 20.4. The van der Waals surface area contributed by atoms with Gasteiger partial charge in [-0.15, -0.1) is 0 Å². The molecule has 0 aliphatic carbocycles. The van der Waals surface area contributed by atoms with Crippen molar-refractivity contribution in [3.63, 3.8) is 0 Å². The molecule has 31 heavy (non-hydrogen) atoms. The second-order valence-corrected chi connectivity index (χ2v) is 7.88. The third-order valence-corrected chi connectivity index (χ3v) is 5.29. The van der Waals surface area contributed by atoms with Crippen LogP contribution in [0.15, 0.2) is 61.1 Å². The Morgan fingerprint density at radius 1 is 1.06 bits per heavy atom. The maximum absolute atomic E-state index is 9.65. The van der Waals surface area contributed by atoms with Crippen molar-refractivity contribution in [2.24, 2.45) is 0 Å². The molecule has 4 aromatic rings. The van der Waals surface area contributed by atoms with Crippen LogP contribution in [0.25, 0.3) is 23.1 Å². The summed E-state index contributed by atoms with van der Waals surface area (Å²) in [5.41, 5.74) is 7.70. The minimum absolute atomic E-state index is 0.511. The summed E-state index contributed by atoms with van der Waals surface area (Å²) < 4.78 is 0. The zero-order valence-electron chi connectivity index (χ0n) is 18.0. The molecule has 0 spiro atoms. The van der Waals surface area contributed by atoms with E-state index in [0.717, 1.165) is 45.5 Å². The van der Waals surface area contributed by atoms with E-state index in [0.29, 0.717) is 5.56 Å². The smallest absolute Gasteiger partial charge is 0.103 e. The predicted molar refractivity (Wildman–Crippen MR) is 128 cm³/mol. The van der Waals surface area contributed by atoms with Crippen molar-refractivity contribution in [2.45, 2.75) is 13.5 Å². The van der Waals surface area contributed by atoms with Crippen LogP contribution in [0.1, 0.15) is 27.8 Å². The largest absolute Gasteiger partial charge is 0.361 e. The fourth-order valence-corrected chi connectivity index (χ4v) is 3.67. The molecular formula is C26H25N5. The molecule has 0 saturated carbocycles. The number of benzene rings is 2. The van der Waals surface area contributed by atoms with Gasteiger partial charge in [-0.3, -0.25) is 4.98 Å². The van der Waals surface area contributed by atoms with Crippen LogP contribution in [0, 0.1) is 18.3 Å². The van der Waals surface area contributed by atoms with E-state index in [1.54, 1.807) is 12.4 Å². The maximum atomic E-state index is 9.65. The fraction of sp³-hybridized carbons (Fsp3) is 0.154. The lowest BCUT2D eigenvalue weighted by atomic mass is 10.1. The molecule has 0 amide bonds. The molecule has 2 aromatic heterocycles. The number of aryl methyl sites for hydroxylation is 1. The van der Waals surface area contributed by atoms with Crippen LogP contribution in [0.5, 0.6) is 0 Å². The van der Waals surface area contributed by atoms with E-state index in [4.69, 9.17) is 0 Å². The van der Waals surface area contributed by atoms with Crippen LogP contribution in [0.2, 0.25) is 0 Å². The summed E-state index contributed by atoms with van der Waals surface area (Å²) in [6.07, 6.45) is 9.36. The normalized spacial score (nSPS) is 11.3. The van der Waals surface area contributed by atoms with Crippen LogP contribution in [-0.4, -0.2) is 29.0 Å². The monoisotopic (exact) mass is 407 g/mol. The highest BCUT2D eigenvalue weighted by Crippen LogP contribution is 2.31. The SMILES string of the molecule is Cc1c(Nc2c(C#N)cncc2/C=C/c2ccc(CN(C)C)cc2)ccc2[nH]ccc12. The second-order valence-electron chi connectivity index (χ2n) is 7.88. The van der Waals surface area contributed by atoms with Crippen molar-refractivity contribution < 1.29 is 0 Å². The summed E-state index contributed by atoms with van der Waals surface area (Å²) in [6, 6.07) is 16.9. The molecule has 0 saturated heterocycles. The number of aromatic amines is 1. The number of hydrogen-bond acceptors (Lipinski definition) is 4. The number of rotatable bonds is 6. The van der Waals surface area contributed by atoms with Crippen molar-refractivity contribution in [3.8, 4) is 6.07 Å². The van der Waals surface area contributed by atoms with Gasteiger partial charge in [-0.05, 0) is 55.9 Å². The van der Waals surface area contributed by atoms with Crippen LogP contribution in [-0.2, 0) is 6.54 Å². The Bertz CT molecular complexity index is 1270. The number of hydrogen-bond donors (Lipinski definition) is 2. The number of pyridine rings is 1. The van der Waals surface area contributed by atoms with Gasteiger partial charge in [0.25, 0.3) is 0 Å². The van der Waals surface area contributed by atoms with Gasteiger partial charge in [0, 0.05) is 47.3 Å². The van der Waals surface area contributed by atoms with Gasteiger partial charge in [0.1, 0.15) is 6.07 Å². The molecule has 0 radical (unpaired) electrons. The molecule has 2 N–H and O–H groups in total. The third kappa shape index (κ3) is 4.50. The molecule has 154 valence electrons. The highest BCUT2D eigenvalue weighted by Gasteiger charge is 2.11. The average molecular weight is 408 g/mol. The van der Waals surface area contributed by atoms with Crippen LogP contribution < -0.4 is 5.32 Å². The van der Waals surface area contributed by atoms with E-state index in [9.17, 15) is 5.26 Å². The number of nitrogens with one attached hydrogen (secondary N) is 2. The fourth-order valence-electron chi connectivity index (χ4n) is 3.67. The van der Waals surface area contributed by atoms with Crippen molar-refractivity contribution in [1.82, 2.24) is 14.9 Å². The number of nitrogens with zero attached hydrogens (tertiary/aromatic N) is 3. The van der Waals surface area contributed by atoms with Crippen LogP contribution in [0.4, 0.5) is 11.4 Å². The van der Waals surface area contributed by atoms with Crippen molar-refractivity contribution in [1.29, 1.82) is 5.26 Å². The Labute approximate surface area is 182 Å². The first-order valence-electron chi connectivity index (χ1n) is 10.2. The van der Waals surface area contributed by atoms with E-state index >= 15 is 0 Å². The van der Waals surface area contributed by atoms with Crippen molar-refractivity contribution in [3.05, 3.63) is 88.9 Å². The summed E-state index contributed by atoms with van der Waals surface area (Å²) in [5.74, 6) is 0. The lowest BCUT2D eigenvalue weighted by Crippen LogP contribution is -2.10. The van der Waals surface area contributed by atoms with Gasteiger partial charge in [0.15, 0.2) is 0 Å². The van der Waals surface area contributed by atoms with E-state index < -0.39 is 0 Å². The number of anilines is 2. The molecule has 5 nitrogen and oxygen atoms in total. The zero-order valence-corrected chi connectivity index (χ0v) is 18.0. The maximum Gasteiger partial charge on any atom is 0.103 e. The molecule has 0 unspecified atom stereocenters. The summed E-state index contributed by atoms with van der Waals surface area (Å²) in [5, 5.41) is 14.3. The second kappa shape index (κ2) is 8.86. The topological polar surface area (TPSA) is 67.7 Å². The van der Waals surface area contributed by atoms with Gasteiger partial charge >= 0.3 is 0 Å². The zero-order chi connectivity index (χ0) is 21.8. The number of H-pyrrole nitrogens is 1. The Kier molecular flexibility index (Phi) is 5.83. The summed E-state index contributed by atoms with van der Waals surface area (Å²) >= 11 is 0. The Balaban J connectivity index is 1.65. The van der Waals surface area contributed by atoms with E-state index in [2.05, 4.69) is 77.6 Å². The summed E-state index contributed by atoms with van der Waals surface area (Å²) in [7, 11) is 4.13. The molecule has 0 fully saturated rings. The average Bonchev–Trinajstić information content (AvgIpc) is 3.25. The van der Waals surface area contributed by atoms with Gasteiger partial charge in [-0.1, -0.05) is 36.4 Å². The van der Waals surface area contributed by atoms with Gasteiger partial charge < -0.3 is 15.2 Å². The summed E-state index contributed by atoms with van der Waals surface area (Å²) in [4.78, 5) is 9.64. The van der Waals surface area contributed by atoms with Gasteiger partial charge in [0.2, 0.25) is 0 Å². The molecular weight excluding hydrogens is 382 g/mol. The van der Waals surface area contributed by atoms with Crippen LogP contribution >= 0.6 is 0 Å². The van der Waals surface area contributed by atoms with Gasteiger partial charge in [0.05, 0.1) is 11.3 Å². The minimum Gasteiger partial charge on any atom is -0.361 e. The quantitative estimate of drug-likeness (QED) is 0.429. The Morgan fingerprint density at radius 2 is 1.87 bits per heavy atom. The number of aromatic nitrogens is 2. The predicted octanol–water partition coefficient (Wildman–Crippen LogP) is 5.72. The Hall–Kier alpha value is -3.88. The third-order valence-electron chi connectivity index (χ3n) is 5.29. The summed E-state index contributed by atoms with van der Waals surface area (Å²) in [6.45, 7) is 2.99. The van der Waals surface area contributed by atoms with Crippen LogP contribution in [0.3, 0.4) is 0 Å². The molecule has 2 aromatic carbocycles. The molecule has 0 aliphatic heterocycles. The number of fused-ring (bicyclic) bond motifs is 1.